The van der Waals surface area contributed by atoms with Gasteiger partial charge in [0.1, 0.15) is 11.6 Å². The van der Waals surface area contributed by atoms with E-state index in [-0.39, 0.29) is 5.75 Å². The van der Waals surface area contributed by atoms with E-state index in [1.807, 2.05) is 30.3 Å². The molecule has 1 saturated carbocycles. The van der Waals surface area contributed by atoms with Gasteiger partial charge >= 0.3 is 0 Å². The summed E-state index contributed by atoms with van der Waals surface area (Å²) in [6.07, 6.45) is 5.98. The number of hydrogen-bond donors (Lipinski definition) is 1. The fourth-order valence-electron chi connectivity index (χ4n) is 7.12. The Kier molecular flexibility index (Phi) is 7.14. The highest BCUT2D eigenvalue weighted by Gasteiger charge is 2.41. The molecule has 2 heterocycles. The molecule has 7 heteroatoms. The lowest BCUT2D eigenvalue weighted by Gasteiger charge is -2.34. The van der Waals surface area contributed by atoms with E-state index in [4.69, 9.17) is 15.3 Å². The molecule has 0 bridgehead atoms. The van der Waals surface area contributed by atoms with Crippen LogP contribution in [0.3, 0.4) is 0 Å². The van der Waals surface area contributed by atoms with Crippen LogP contribution < -0.4 is 0 Å². The smallest absolute Gasteiger partial charge is 0.205 e. The number of nitrogens with zero attached hydrogens (tertiary/aromatic N) is 6. The average molecular weight is 603 g/mol. The summed E-state index contributed by atoms with van der Waals surface area (Å²) >= 11 is 0. The zero-order valence-electron chi connectivity index (χ0n) is 25.4. The Morgan fingerprint density at radius 1 is 0.630 bits per heavy atom. The van der Waals surface area contributed by atoms with Crippen molar-refractivity contribution < 1.29 is 5.11 Å². The third-order valence-corrected chi connectivity index (χ3v) is 9.30. The second kappa shape index (κ2) is 11.7. The molecule has 0 saturated heterocycles. The lowest BCUT2D eigenvalue weighted by molar-refractivity contribution is 0.362. The van der Waals surface area contributed by atoms with E-state index in [1.165, 1.54) is 19.3 Å². The number of benzene rings is 5. The minimum Gasteiger partial charge on any atom is -0.508 e. The molecule has 0 spiro atoms. The minimum absolute atomic E-state index is 0.248. The predicted octanol–water partition coefficient (Wildman–Crippen LogP) is 8.41. The number of hydrogen-bond acceptors (Lipinski definition) is 5. The van der Waals surface area contributed by atoms with E-state index in [9.17, 15) is 5.11 Å². The zero-order valence-corrected chi connectivity index (χ0v) is 25.4. The Bertz CT molecular complexity index is 1980. The van der Waals surface area contributed by atoms with Crippen LogP contribution in [0.4, 0.5) is 0 Å². The van der Waals surface area contributed by atoms with Crippen molar-refractivity contribution >= 4 is 11.0 Å². The number of rotatable bonds is 7. The van der Waals surface area contributed by atoms with E-state index >= 15 is 0 Å². The normalized spacial score (nSPS) is 14.1. The Hall–Kier alpha value is -5.56. The minimum atomic E-state index is -0.840. The molecule has 1 aliphatic rings. The van der Waals surface area contributed by atoms with Crippen LogP contribution in [-0.4, -0.2) is 34.9 Å². The van der Waals surface area contributed by atoms with Crippen LogP contribution >= 0.6 is 0 Å². The number of aromatic nitrogens is 6. The lowest BCUT2D eigenvalue weighted by atomic mass is 9.77. The average Bonchev–Trinajstić information content (AvgIpc) is 3.77. The Labute approximate surface area is 267 Å². The summed E-state index contributed by atoms with van der Waals surface area (Å²) in [5, 5.41) is 24.5. The van der Waals surface area contributed by atoms with E-state index < -0.39 is 5.54 Å². The number of tetrazole rings is 1. The molecule has 7 nitrogen and oxygen atoms in total. The Morgan fingerprint density at radius 2 is 1.20 bits per heavy atom. The van der Waals surface area contributed by atoms with Crippen molar-refractivity contribution in [1.29, 1.82) is 0 Å². The van der Waals surface area contributed by atoms with E-state index in [1.54, 1.807) is 16.9 Å². The molecule has 1 N–H and O–H groups in total. The van der Waals surface area contributed by atoms with Gasteiger partial charge < -0.3 is 9.67 Å². The van der Waals surface area contributed by atoms with Crippen LogP contribution in [-0.2, 0) is 5.54 Å². The van der Waals surface area contributed by atoms with Gasteiger partial charge in [-0.25, -0.2) is 4.98 Å². The standard InChI is InChI=1S/C39H34N6O/c46-34-24-21-28(22-25-34)38-40-35-27-29(23-26-36(35)44(38)33-19-11-4-12-20-33)37-41-43-45(42-37)39(30-13-5-1-6-14-30,31-15-7-2-8-16-31)32-17-9-3-10-18-32/h1-3,5-10,13-18,21-27,33,46H,4,11-12,19-20H2. The van der Waals surface area contributed by atoms with Gasteiger partial charge in [-0.3, -0.25) is 0 Å². The van der Waals surface area contributed by atoms with Crippen LogP contribution in [0.2, 0.25) is 0 Å². The third kappa shape index (κ3) is 4.76. The molecule has 2 aromatic heterocycles. The molecule has 0 unspecified atom stereocenters. The molecular weight excluding hydrogens is 568 g/mol. The highest BCUT2D eigenvalue weighted by Crippen LogP contribution is 2.41. The summed E-state index contributed by atoms with van der Waals surface area (Å²) in [6.45, 7) is 0. The van der Waals surface area contributed by atoms with E-state index in [0.29, 0.717) is 11.9 Å². The topological polar surface area (TPSA) is 81.7 Å². The maximum atomic E-state index is 9.95. The van der Waals surface area contributed by atoms with Gasteiger partial charge in [-0.15, -0.1) is 15.0 Å². The number of phenolic OH excluding ortho intramolecular Hbond substituents is 1. The van der Waals surface area contributed by atoms with E-state index in [2.05, 4.69) is 101 Å². The molecule has 8 rings (SSSR count). The maximum Gasteiger partial charge on any atom is 0.205 e. The third-order valence-electron chi connectivity index (χ3n) is 9.30. The summed E-state index contributed by atoms with van der Waals surface area (Å²) in [4.78, 5) is 6.93. The van der Waals surface area contributed by atoms with Crippen molar-refractivity contribution in [3.05, 3.63) is 150 Å². The molecule has 7 aromatic rings. The molecule has 0 aliphatic heterocycles. The van der Waals surface area contributed by atoms with Gasteiger partial charge in [-0.1, -0.05) is 110 Å². The van der Waals surface area contributed by atoms with E-state index in [0.717, 1.165) is 57.5 Å². The number of aromatic hydroxyl groups is 1. The van der Waals surface area contributed by atoms with Gasteiger partial charge in [0.05, 0.1) is 11.0 Å². The molecule has 226 valence electrons. The van der Waals surface area contributed by atoms with Gasteiger partial charge in [0, 0.05) is 17.2 Å². The van der Waals surface area contributed by atoms with Crippen LogP contribution in [0, 0.1) is 0 Å². The van der Waals surface area contributed by atoms with Gasteiger partial charge in [-0.05, 0) is 77.2 Å². The second-order valence-electron chi connectivity index (χ2n) is 12.1. The van der Waals surface area contributed by atoms with Crippen LogP contribution in [0.15, 0.2) is 133 Å². The summed E-state index contributed by atoms with van der Waals surface area (Å²) in [7, 11) is 0. The second-order valence-corrected chi connectivity index (χ2v) is 12.1. The van der Waals surface area contributed by atoms with Crippen molar-refractivity contribution in [2.75, 3.05) is 0 Å². The first-order valence-electron chi connectivity index (χ1n) is 16.0. The van der Waals surface area contributed by atoms with Crippen molar-refractivity contribution in [1.82, 2.24) is 29.8 Å². The van der Waals surface area contributed by atoms with Crippen LogP contribution in [0.1, 0.15) is 54.8 Å². The fourth-order valence-corrected chi connectivity index (χ4v) is 7.12. The first-order chi connectivity index (χ1) is 22.7. The SMILES string of the molecule is Oc1ccc(-c2nc3cc(-c4nnn(C(c5ccccc5)(c5ccccc5)c5ccccc5)n4)ccc3n2C2CCCCC2)cc1. The summed E-state index contributed by atoms with van der Waals surface area (Å²) in [5.74, 6) is 1.71. The molecule has 0 amide bonds. The summed E-state index contributed by atoms with van der Waals surface area (Å²) in [6, 6.07) is 45.2. The molecule has 1 aliphatic carbocycles. The quantitative estimate of drug-likeness (QED) is 0.185. The fraction of sp³-hybridized carbons (Fsp3) is 0.179. The Morgan fingerprint density at radius 3 is 1.78 bits per heavy atom. The molecule has 0 radical (unpaired) electrons. The van der Waals surface area contributed by atoms with Gasteiger partial charge in [0.2, 0.25) is 5.82 Å². The zero-order chi connectivity index (χ0) is 30.9. The molecule has 46 heavy (non-hydrogen) atoms. The van der Waals surface area contributed by atoms with Crippen molar-refractivity contribution in [3.8, 4) is 28.5 Å². The van der Waals surface area contributed by atoms with Crippen molar-refractivity contribution in [3.63, 3.8) is 0 Å². The molecule has 5 aromatic carbocycles. The number of imidazole rings is 1. The number of fused-ring (bicyclic) bond motifs is 1. The predicted molar refractivity (Wildman–Crippen MR) is 180 cm³/mol. The molecule has 1 fully saturated rings. The lowest BCUT2D eigenvalue weighted by Crippen LogP contribution is -2.39. The summed E-state index contributed by atoms with van der Waals surface area (Å²) in [5.41, 5.74) is 6.11. The first kappa shape index (κ1) is 28.0. The highest BCUT2D eigenvalue weighted by atomic mass is 16.3. The first-order valence-corrected chi connectivity index (χ1v) is 16.0. The molecular formula is C39H34N6O. The highest BCUT2D eigenvalue weighted by molar-refractivity contribution is 5.84. The van der Waals surface area contributed by atoms with Gasteiger partial charge in [-0.2, -0.15) is 0 Å². The Balaban J connectivity index is 1.28. The largest absolute Gasteiger partial charge is 0.508 e. The van der Waals surface area contributed by atoms with Crippen LogP contribution in [0.25, 0.3) is 33.8 Å². The van der Waals surface area contributed by atoms with Gasteiger partial charge in [0.25, 0.3) is 0 Å². The van der Waals surface area contributed by atoms with Crippen LogP contribution in [0.5, 0.6) is 5.75 Å². The monoisotopic (exact) mass is 602 g/mol. The summed E-state index contributed by atoms with van der Waals surface area (Å²) < 4.78 is 2.40. The molecule has 0 atom stereocenters. The van der Waals surface area contributed by atoms with Crippen molar-refractivity contribution in [2.45, 2.75) is 43.7 Å². The van der Waals surface area contributed by atoms with Crippen molar-refractivity contribution in [2.24, 2.45) is 0 Å². The number of phenols is 1. The van der Waals surface area contributed by atoms with Gasteiger partial charge in [0.15, 0.2) is 5.54 Å². The maximum absolute atomic E-state index is 9.95.